The lowest BCUT2D eigenvalue weighted by molar-refractivity contribution is -0.133. The number of amides is 3. The topological polar surface area (TPSA) is 75.7 Å². The van der Waals surface area contributed by atoms with E-state index in [9.17, 15) is 14.4 Å². The first-order valence-electron chi connectivity index (χ1n) is 7.48. The van der Waals surface area contributed by atoms with Gasteiger partial charge in [-0.05, 0) is 30.7 Å². The molecule has 0 aromatic heterocycles. The van der Waals surface area contributed by atoms with E-state index in [2.05, 4.69) is 5.32 Å². The van der Waals surface area contributed by atoms with E-state index < -0.39 is 17.7 Å². The monoisotopic (exact) mass is 324 g/mol. The van der Waals surface area contributed by atoms with Crippen molar-refractivity contribution in [3.8, 4) is 5.75 Å². The van der Waals surface area contributed by atoms with E-state index in [0.717, 1.165) is 10.5 Å². The van der Waals surface area contributed by atoms with Crippen molar-refractivity contribution in [1.29, 1.82) is 0 Å². The summed E-state index contributed by atoms with van der Waals surface area (Å²) < 4.78 is 5.34. The highest BCUT2D eigenvalue weighted by atomic mass is 16.5. The molecule has 0 saturated heterocycles. The fourth-order valence-corrected chi connectivity index (χ4v) is 2.45. The molecule has 0 aliphatic carbocycles. The minimum absolute atomic E-state index is 0.270. The number of hydrogen-bond donors (Lipinski definition) is 1. The van der Waals surface area contributed by atoms with Crippen LogP contribution in [0.4, 0.5) is 5.69 Å². The van der Waals surface area contributed by atoms with E-state index in [1.54, 1.807) is 36.4 Å². The number of ether oxygens (including phenoxy) is 1. The van der Waals surface area contributed by atoms with Crippen LogP contribution in [0.25, 0.3) is 0 Å². The Labute approximate surface area is 139 Å². The van der Waals surface area contributed by atoms with E-state index in [1.807, 2.05) is 19.1 Å². The van der Waals surface area contributed by atoms with Crippen LogP contribution in [0.1, 0.15) is 15.9 Å². The molecule has 0 radical (unpaired) electrons. The number of carbonyl (C=O) groups excluding carboxylic acids is 3. The number of benzene rings is 2. The summed E-state index contributed by atoms with van der Waals surface area (Å²) in [5.41, 5.74) is 1.81. The minimum atomic E-state index is -0.545. The zero-order chi connectivity index (χ0) is 17.1. The van der Waals surface area contributed by atoms with Crippen LogP contribution in [0.2, 0.25) is 0 Å². The van der Waals surface area contributed by atoms with E-state index in [4.69, 9.17) is 4.74 Å². The Kier molecular flexibility index (Phi) is 4.29. The second kappa shape index (κ2) is 6.54. The third-order valence-corrected chi connectivity index (χ3v) is 3.74. The molecule has 0 fully saturated rings. The molecule has 1 aliphatic rings. The normalized spacial score (nSPS) is 13.8. The van der Waals surface area contributed by atoms with Crippen molar-refractivity contribution in [3.63, 3.8) is 0 Å². The highest BCUT2D eigenvalue weighted by Gasteiger charge is 2.30. The van der Waals surface area contributed by atoms with Crippen molar-refractivity contribution in [2.75, 3.05) is 18.5 Å². The molecule has 0 spiro atoms. The molecule has 0 bridgehead atoms. The van der Waals surface area contributed by atoms with Gasteiger partial charge in [0.25, 0.3) is 11.8 Å². The second-order valence-corrected chi connectivity index (χ2v) is 5.43. The minimum Gasteiger partial charge on any atom is -0.483 e. The number of anilines is 1. The Morgan fingerprint density at radius 3 is 2.62 bits per heavy atom. The van der Waals surface area contributed by atoms with Gasteiger partial charge in [0.1, 0.15) is 12.3 Å². The van der Waals surface area contributed by atoms with Gasteiger partial charge in [0.05, 0.1) is 5.56 Å². The quantitative estimate of drug-likeness (QED) is 0.876. The van der Waals surface area contributed by atoms with Gasteiger partial charge >= 0.3 is 0 Å². The zero-order valence-corrected chi connectivity index (χ0v) is 13.1. The highest BCUT2D eigenvalue weighted by Crippen LogP contribution is 2.23. The standard InChI is InChI=1S/C18H16N2O4/c1-12-6-2-4-8-14(12)19-16(21)10-20-17(22)11-24-15-9-5-3-7-13(15)18(20)23/h2-9H,10-11H2,1H3,(H,19,21). The number of fused-ring (bicyclic) bond motifs is 1. The van der Waals surface area contributed by atoms with Gasteiger partial charge in [0, 0.05) is 5.69 Å². The maximum Gasteiger partial charge on any atom is 0.267 e. The highest BCUT2D eigenvalue weighted by molar-refractivity contribution is 6.10. The summed E-state index contributed by atoms with van der Waals surface area (Å²) in [4.78, 5) is 37.9. The summed E-state index contributed by atoms with van der Waals surface area (Å²) in [5, 5.41) is 2.72. The number of hydrogen-bond acceptors (Lipinski definition) is 4. The molecular formula is C18H16N2O4. The smallest absolute Gasteiger partial charge is 0.267 e. The number of para-hydroxylation sites is 2. The molecule has 1 N–H and O–H groups in total. The Bertz CT molecular complexity index is 816. The van der Waals surface area contributed by atoms with Crippen LogP contribution >= 0.6 is 0 Å². The van der Waals surface area contributed by atoms with Crippen LogP contribution < -0.4 is 10.1 Å². The Morgan fingerprint density at radius 2 is 1.83 bits per heavy atom. The third-order valence-electron chi connectivity index (χ3n) is 3.74. The molecule has 6 heteroatoms. The lowest BCUT2D eigenvalue weighted by Gasteiger charge is -2.18. The molecule has 2 aromatic rings. The maximum atomic E-state index is 12.5. The number of nitrogens with zero attached hydrogens (tertiary/aromatic N) is 1. The fraction of sp³-hybridized carbons (Fsp3) is 0.167. The summed E-state index contributed by atoms with van der Waals surface area (Å²) in [6.45, 7) is 1.23. The van der Waals surface area contributed by atoms with Crippen molar-refractivity contribution in [1.82, 2.24) is 4.90 Å². The SMILES string of the molecule is Cc1ccccc1NC(=O)CN1C(=O)COc2ccccc2C1=O. The van der Waals surface area contributed by atoms with Gasteiger partial charge in [-0.3, -0.25) is 19.3 Å². The van der Waals surface area contributed by atoms with Crippen molar-refractivity contribution < 1.29 is 19.1 Å². The first-order valence-corrected chi connectivity index (χ1v) is 7.48. The summed E-state index contributed by atoms with van der Waals surface area (Å²) >= 11 is 0. The van der Waals surface area contributed by atoms with E-state index in [-0.39, 0.29) is 18.7 Å². The summed E-state index contributed by atoms with van der Waals surface area (Å²) in [6, 6.07) is 13.9. The lowest BCUT2D eigenvalue weighted by atomic mass is 10.1. The summed E-state index contributed by atoms with van der Waals surface area (Å²) in [6.07, 6.45) is 0. The molecule has 3 amide bonds. The number of nitrogens with one attached hydrogen (secondary N) is 1. The van der Waals surface area contributed by atoms with Crippen LogP contribution in [0, 0.1) is 6.92 Å². The van der Waals surface area contributed by atoms with E-state index in [1.165, 1.54) is 0 Å². The molecule has 3 rings (SSSR count). The van der Waals surface area contributed by atoms with Gasteiger partial charge < -0.3 is 10.1 Å². The van der Waals surface area contributed by atoms with Gasteiger partial charge in [-0.25, -0.2) is 0 Å². The van der Waals surface area contributed by atoms with Gasteiger partial charge in [0.15, 0.2) is 6.61 Å². The first-order chi connectivity index (χ1) is 11.6. The van der Waals surface area contributed by atoms with Gasteiger partial charge in [0.2, 0.25) is 5.91 Å². The van der Waals surface area contributed by atoms with Crippen LogP contribution in [0.3, 0.4) is 0 Å². The van der Waals surface area contributed by atoms with Crippen LogP contribution in [0.15, 0.2) is 48.5 Å². The van der Waals surface area contributed by atoms with Gasteiger partial charge in [-0.1, -0.05) is 30.3 Å². The summed E-state index contributed by atoms with van der Waals surface area (Å²) in [7, 11) is 0. The first kappa shape index (κ1) is 15.7. The predicted octanol–water partition coefficient (Wildman–Crippen LogP) is 1.99. The molecule has 0 saturated carbocycles. The molecule has 1 aliphatic heterocycles. The van der Waals surface area contributed by atoms with Crippen LogP contribution in [-0.4, -0.2) is 35.8 Å². The van der Waals surface area contributed by atoms with Crippen LogP contribution in [-0.2, 0) is 9.59 Å². The molecule has 6 nitrogen and oxygen atoms in total. The number of imide groups is 1. The average Bonchev–Trinajstić information content (AvgIpc) is 2.69. The van der Waals surface area contributed by atoms with Crippen LogP contribution in [0.5, 0.6) is 5.75 Å². The van der Waals surface area contributed by atoms with E-state index in [0.29, 0.717) is 11.4 Å². The molecule has 24 heavy (non-hydrogen) atoms. The Balaban J connectivity index is 1.78. The van der Waals surface area contributed by atoms with E-state index >= 15 is 0 Å². The van der Waals surface area contributed by atoms with Crippen molar-refractivity contribution in [2.45, 2.75) is 6.92 Å². The van der Waals surface area contributed by atoms with Crippen molar-refractivity contribution in [3.05, 3.63) is 59.7 Å². The second-order valence-electron chi connectivity index (χ2n) is 5.43. The zero-order valence-electron chi connectivity index (χ0n) is 13.1. The Morgan fingerprint density at radius 1 is 1.12 bits per heavy atom. The molecule has 122 valence electrons. The summed E-state index contributed by atoms with van der Waals surface area (Å²) in [5.74, 6) is -1.17. The molecule has 2 aromatic carbocycles. The number of rotatable bonds is 3. The van der Waals surface area contributed by atoms with Crippen molar-refractivity contribution >= 4 is 23.4 Å². The number of carbonyl (C=O) groups is 3. The fourth-order valence-electron chi connectivity index (χ4n) is 2.45. The maximum absolute atomic E-state index is 12.5. The molecule has 0 atom stereocenters. The molecule has 1 heterocycles. The third kappa shape index (κ3) is 3.12. The lowest BCUT2D eigenvalue weighted by Crippen LogP contribution is -2.43. The Hall–Kier alpha value is -3.15. The predicted molar refractivity (Wildman–Crippen MR) is 87.8 cm³/mol. The molecular weight excluding hydrogens is 308 g/mol. The number of aryl methyl sites for hydroxylation is 1. The van der Waals surface area contributed by atoms with Gasteiger partial charge in [-0.2, -0.15) is 0 Å². The van der Waals surface area contributed by atoms with Gasteiger partial charge in [-0.15, -0.1) is 0 Å². The van der Waals surface area contributed by atoms with Crippen molar-refractivity contribution in [2.24, 2.45) is 0 Å². The largest absolute Gasteiger partial charge is 0.483 e. The molecule has 0 unspecified atom stereocenters. The average molecular weight is 324 g/mol.